The highest BCUT2D eigenvalue weighted by Gasteiger charge is 1.95. The lowest BCUT2D eigenvalue weighted by atomic mass is 10.7. The Morgan fingerprint density at radius 3 is 2.33 bits per heavy atom. The third kappa shape index (κ3) is 1.55. The highest BCUT2D eigenvalue weighted by atomic mass is 32.2. The van der Waals surface area contributed by atoms with Crippen molar-refractivity contribution in [2.45, 2.75) is 4.90 Å². The molecule has 1 rings (SSSR count). The molecule has 1 N–H and O–H groups in total. The Labute approximate surface area is 54.2 Å². The van der Waals surface area contributed by atoms with Gasteiger partial charge >= 0.3 is 0 Å². The summed E-state index contributed by atoms with van der Waals surface area (Å²) in [5, 5.41) is 0. The summed E-state index contributed by atoms with van der Waals surface area (Å²) < 4.78 is 18.6. The molecule has 1 unspecified atom stereocenters. The van der Waals surface area contributed by atoms with E-state index >= 15 is 0 Å². The van der Waals surface area contributed by atoms with Crippen molar-refractivity contribution in [2.75, 3.05) is 0 Å². The maximum Gasteiger partial charge on any atom is 0.189 e. The van der Waals surface area contributed by atoms with Gasteiger partial charge in [-0.2, -0.15) is 0 Å². The predicted molar refractivity (Wildman–Crippen MR) is 31.1 cm³/mol. The second kappa shape index (κ2) is 2.65. The van der Waals surface area contributed by atoms with Crippen molar-refractivity contribution in [1.82, 2.24) is 9.97 Å². The van der Waals surface area contributed by atoms with E-state index in [2.05, 4.69) is 9.97 Å². The van der Waals surface area contributed by atoms with E-state index in [1.165, 1.54) is 18.7 Å². The van der Waals surface area contributed by atoms with Crippen LogP contribution in [0.15, 0.2) is 23.6 Å². The van der Waals surface area contributed by atoms with Crippen molar-refractivity contribution in [2.24, 2.45) is 0 Å². The molecule has 48 valence electrons. The molecule has 9 heavy (non-hydrogen) atoms. The van der Waals surface area contributed by atoms with Crippen LogP contribution in [0.2, 0.25) is 0 Å². The molecule has 1 aromatic rings. The predicted octanol–water partition coefficient (Wildman–Crippen LogP) is 0.0572. The van der Waals surface area contributed by atoms with Gasteiger partial charge < -0.3 is 4.55 Å². The molecule has 0 bridgehead atoms. The van der Waals surface area contributed by atoms with E-state index in [9.17, 15) is 4.21 Å². The molecule has 0 aliphatic carbocycles. The second-order valence-corrected chi connectivity index (χ2v) is 2.29. The molecule has 0 fully saturated rings. The van der Waals surface area contributed by atoms with Crippen LogP contribution in [-0.2, 0) is 11.1 Å². The average Bonchev–Trinajstić information content (AvgIpc) is 1.90. The van der Waals surface area contributed by atoms with Crippen molar-refractivity contribution in [3.63, 3.8) is 0 Å². The quantitative estimate of drug-likeness (QED) is 0.566. The lowest BCUT2D eigenvalue weighted by Crippen LogP contribution is -1.89. The maximum atomic E-state index is 10.2. The van der Waals surface area contributed by atoms with Crippen LogP contribution >= 0.6 is 0 Å². The first kappa shape index (κ1) is 6.31. The lowest BCUT2D eigenvalue weighted by molar-refractivity contribution is 0.563. The van der Waals surface area contributed by atoms with Crippen molar-refractivity contribution in [3.05, 3.63) is 18.7 Å². The zero-order chi connectivity index (χ0) is 6.69. The highest BCUT2D eigenvalue weighted by molar-refractivity contribution is 7.79. The minimum atomic E-state index is -1.95. The molecule has 0 aliphatic rings. The fourth-order valence-electron chi connectivity index (χ4n) is 0.376. The van der Waals surface area contributed by atoms with Crippen LogP contribution < -0.4 is 0 Å². The first-order valence-corrected chi connectivity index (χ1v) is 3.27. The molecule has 0 spiro atoms. The van der Waals surface area contributed by atoms with Crippen LogP contribution in [-0.4, -0.2) is 18.7 Å². The Hall–Kier alpha value is -0.810. The summed E-state index contributed by atoms with van der Waals surface area (Å²) in [6, 6.07) is 0. The van der Waals surface area contributed by atoms with Crippen molar-refractivity contribution in [1.29, 1.82) is 0 Å². The second-order valence-electron chi connectivity index (χ2n) is 1.32. The number of aromatic nitrogens is 2. The number of nitrogens with zero attached hydrogens (tertiary/aromatic N) is 2. The van der Waals surface area contributed by atoms with Gasteiger partial charge in [-0.05, 0) is 0 Å². The van der Waals surface area contributed by atoms with Crippen LogP contribution in [0.1, 0.15) is 0 Å². The van der Waals surface area contributed by atoms with Crippen LogP contribution in [0.5, 0.6) is 0 Å². The number of hydrogen-bond donors (Lipinski definition) is 1. The van der Waals surface area contributed by atoms with Crippen LogP contribution in [0.3, 0.4) is 0 Å². The van der Waals surface area contributed by atoms with Crippen molar-refractivity contribution in [3.8, 4) is 0 Å². The molecule has 0 aliphatic heterocycles. The maximum absolute atomic E-state index is 10.2. The van der Waals surface area contributed by atoms with Gasteiger partial charge in [-0.25, -0.2) is 14.2 Å². The molecule has 0 radical (unpaired) electrons. The molecule has 5 heteroatoms. The smallest absolute Gasteiger partial charge is 0.189 e. The third-order valence-corrected chi connectivity index (χ3v) is 1.35. The van der Waals surface area contributed by atoms with E-state index in [1.807, 2.05) is 0 Å². The fourth-order valence-corrected chi connectivity index (χ4v) is 0.678. The summed E-state index contributed by atoms with van der Waals surface area (Å²) in [6.07, 6.45) is 3.89. The van der Waals surface area contributed by atoms with Crippen LogP contribution in [0, 0.1) is 0 Å². The molecular weight excluding hydrogens is 140 g/mol. The number of rotatable bonds is 1. The molecule has 0 aromatic carbocycles. The van der Waals surface area contributed by atoms with E-state index in [1.54, 1.807) is 0 Å². The van der Waals surface area contributed by atoms with Gasteiger partial charge in [-0.1, -0.05) is 0 Å². The van der Waals surface area contributed by atoms with Gasteiger partial charge in [-0.3, -0.25) is 0 Å². The van der Waals surface area contributed by atoms with Gasteiger partial charge in [0.25, 0.3) is 0 Å². The summed E-state index contributed by atoms with van der Waals surface area (Å²) in [7, 11) is 0. The van der Waals surface area contributed by atoms with Gasteiger partial charge in [-0.15, -0.1) is 0 Å². The van der Waals surface area contributed by atoms with E-state index in [0.29, 0.717) is 0 Å². The first-order chi connectivity index (χ1) is 4.30. The molecule has 4 nitrogen and oxygen atoms in total. The van der Waals surface area contributed by atoms with Crippen LogP contribution in [0.25, 0.3) is 0 Å². The molecule has 1 atom stereocenters. The van der Waals surface area contributed by atoms with E-state index in [0.717, 1.165) is 0 Å². The van der Waals surface area contributed by atoms with E-state index < -0.39 is 11.1 Å². The summed E-state index contributed by atoms with van der Waals surface area (Å²) in [6.45, 7) is 0. The first-order valence-electron chi connectivity index (χ1n) is 2.16. The molecule has 0 saturated carbocycles. The van der Waals surface area contributed by atoms with Crippen LogP contribution in [0.4, 0.5) is 0 Å². The van der Waals surface area contributed by atoms with Gasteiger partial charge in [0, 0.05) is 12.4 Å². The standard InChI is InChI=1S/C4H4N2O2S/c7-9(8)4-1-5-3-6-2-4/h1-3H,(H,7,8). The Kier molecular flexibility index (Phi) is 1.86. The Morgan fingerprint density at radius 2 is 2.00 bits per heavy atom. The Balaban J connectivity index is 2.98. The zero-order valence-corrected chi connectivity index (χ0v) is 5.21. The average molecular weight is 144 g/mol. The van der Waals surface area contributed by atoms with Crippen molar-refractivity contribution < 1.29 is 8.76 Å². The van der Waals surface area contributed by atoms with Gasteiger partial charge in [0.15, 0.2) is 11.1 Å². The minimum Gasteiger partial charge on any atom is -0.302 e. The lowest BCUT2D eigenvalue weighted by Gasteiger charge is -1.87. The normalized spacial score (nSPS) is 13.0. The summed E-state index contributed by atoms with van der Waals surface area (Å²) in [5.41, 5.74) is 0. The Morgan fingerprint density at radius 1 is 1.44 bits per heavy atom. The summed E-state index contributed by atoms with van der Waals surface area (Å²) in [5.74, 6) is 0. The molecule has 1 heterocycles. The van der Waals surface area contributed by atoms with Crippen molar-refractivity contribution >= 4 is 11.1 Å². The van der Waals surface area contributed by atoms with Gasteiger partial charge in [0.2, 0.25) is 0 Å². The van der Waals surface area contributed by atoms with E-state index in [-0.39, 0.29) is 4.90 Å². The summed E-state index contributed by atoms with van der Waals surface area (Å²) >= 11 is -1.95. The topological polar surface area (TPSA) is 63.1 Å². The van der Waals surface area contributed by atoms with Gasteiger partial charge in [0.05, 0.1) is 0 Å². The van der Waals surface area contributed by atoms with Gasteiger partial charge in [0.1, 0.15) is 11.2 Å². The zero-order valence-electron chi connectivity index (χ0n) is 4.39. The van der Waals surface area contributed by atoms with E-state index in [4.69, 9.17) is 4.55 Å². The number of hydrogen-bond acceptors (Lipinski definition) is 3. The highest BCUT2D eigenvalue weighted by Crippen LogP contribution is 1.95. The monoisotopic (exact) mass is 144 g/mol. The summed E-state index contributed by atoms with van der Waals surface area (Å²) in [4.78, 5) is 7.30. The fraction of sp³-hybridized carbons (Fsp3) is 0. The molecular formula is C4H4N2O2S. The Bertz CT molecular complexity index is 213. The SMILES string of the molecule is O=S(O)c1cncnc1. The molecule has 0 amide bonds. The third-order valence-electron chi connectivity index (χ3n) is 0.739. The molecule has 1 aromatic heterocycles. The minimum absolute atomic E-state index is 0.220. The molecule has 0 saturated heterocycles. The largest absolute Gasteiger partial charge is 0.302 e.